The summed E-state index contributed by atoms with van der Waals surface area (Å²) >= 11 is 2.86. The van der Waals surface area contributed by atoms with Crippen molar-refractivity contribution in [3.05, 3.63) is 21.9 Å². The Bertz CT molecular complexity index is 486. The number of ketones is 1. The van der Waals surface area contributed by atoms with Gasteiger partial charge in [-0.25, -0.2) is 9.18 Å². The van der Waals surface area contributed by atoms with Crippen molar-refractivity contribution in [3.63, 3.8) is 0 Å². The molecule has 92 valence electrons. The molecular formula is C10H8BrFO5. The molecule has 1 rings (SSSR count). The summed E-state index contributed by atoms with van der Waals surface area (Å²) < 4.78 is 23.3. The second kappa shape index (κ2) is 5.13. The van der Waals surface area contributed by atoms with Gasteiger partial charge in [-0.05, 0) is 15.9 Å². The maximum Gasteiger partial charge on any atom is 0.377 e. The van der Waals surface area contributed by atoms with Gasteiger partial charge in [0.1, 0.15) is 5.56 Å². The third kappa shape index (κ3) is 2.38. The Labute approximate surface area is 104 Å². The first kappa shape index (κ1) is 13.4. The number of Topliss-reactive ketones (excluding diaryl/α,β-unsaturated/α-hetero) is 1. The first-order valence-corrected chi connectivity index (χ1v) is 5.10. The van der Waals surface area contributed by atoms with Crippen molar-refractivity contribution in [1.82, 2.24) is 0 Å². The average molecular weight is 307 g/mol. The number of hydrogen-bond donors (Lipinski definition) is 1. The topological polar surface area (TPSA) is 72.8 Å². The number of benzene rings is 1. The van der Waals surface area contributed by atoms with Crippen LogP contribution in [0.5, 0.6) is 11.5 Å². The van der Waals surface area contributed by atoms with Crippen LogP contribution in [0.2, 0.25) is 0 Å². The molecule has 7 heteroatoms. The van der Waals surface area contributed by atoms with Crippen LogP contribution in [0.1, 0.15) is 10.4 Å². The first-order valence-electron chi connectivity index (χ1n) is 4.31. The van der Waals surface area contributed by atoms with Crippen molar-refractivity contribution >= 4 is 27.7 Å². The second-order valence-corrected chi connectivity index (χ2v) is 3.77. The highest BCUT2D eigenvalue weighted by Gasteiger charge is 2.28. The smallest absolute Gasteiger partial charge is 0.377 e. The van der Waals surface area contributed by atoms with Crippen LogP contribution in [-0.4, -0.2) is 31.1 Å². The molecule has 0 unspecified atom stereocenters. The number of carbonyl (C=O) groups is 2. The zero-order valence-electron chi connectivity index (χ0n) is 8.91. The van der Waals surface area contributed by atoms with Gasteiger partial charge in [-0.1, -0.05) is 0 Å². The number of hydrogen-bond acceptors (Lipinski definition) is 4. The highest BCUT2D eigenvalue weighted by Crippen LogP contribution is 2.37. The highest BCUT2D eigenvalue weighted by molar-refractivity contribution is 9.10. The number of carbonyl (C=O) groups excluding carboxylic acids is 1. The van der Waals surface area contributed by atoms with Crippen LogP contribution >= 0.6 is 15.9 Å². The molecular weight excluding hydrogens is 299 g/mol. The van der Waals surface area contributed by atoms with E-state index < -0.39 is 23.1 Å². The molecule has 0 aliphatic heterocycles. The Balaban J connectivity index is 3.60. The fourth-order valence-electron chi connectivity index (χ4n) is 1.25. The Hall–Kier alpha value is -1.63. The van der Waals surface area contributed by atoms with E-state index in [4.69, 9.17) is 14.6 Å². The fraction of sp³-hybridized carbons (Fsp3) is 0.200. The van der Waals surface area contributed by atoms with Crippen molar-refractivity contribution < 1.29 is 28.6 Å². The van der Waals surface area contributed by atoms with E-state index in [-0.39, 0.29) is 16.0 Å². The van der Waals surface area contributed by atoms with Crippen LogP contribution in [0.3, 0.4) is 0 Å². The standard InChI is InChI=1S/C10H8BrFO5/c1-16-5-3-4(11)7(12)6(9(5)17-2)8(13)10(14)15/h3H,1-2H3,(H,14,15). The monoisotopic (exact) mass is 306 g/mol. The van der Waals surface area contributed by atoms with Gasteiger partial charge in [0.2, 0.25) is 0 Å². The molecule has 0 bridgehead atoms. The van der Waals surface area contributed by atoms with Crippen molar-refractivity contribution in [2.75, 3.05) is 14.2 Å². The van der Waals surface area contributed by atoms with Gasteiger partial charge >= 0.3 is 5.97 Å². The molecule has 5 nitrogen and oxygen atoms in total. The Morgan fingerprint density at radius 2 is 1.94 bits per heavy atom. The van der Waals surface area contributed by atoms with Crippen LogP contribution in [-0.2, 0) is 4.79 Å². The van der Waals surface area contributed by atoms with Crippen molar-refractivity contribution in [1.29, 1.82) is 0 Å². The van der Waals surface area contributed by atoms with E-state index >= 15 is 0 Å². The van der Waals surface area contributed by atoms with Crippen LogP contribution in [0.15, 0.2) is 10.5 Å². The maximum atomic E-state index is 13.7. The molecule has 0 atom stereocenters. The lowest BCUT2D eigenvalue weighted by atomic mass is 10.1. The average Bonchev–Trinajstić information content (AvgIpc) is 2.30. The van der Waals surface area contributed by atoms with Crippen LogP contribution in [0.25, 0.3) is 0 Å². The van der Waals surface area contributed by atoms with Gasteiger partial charge in [0.15, 0.2) is 17.3 Å². The lowest BCUT2D eigenvalue weighted by Gasteiger charge is -2.12. The van der Waals surface area contributed by atoms with Crippen LogP contribution in [0, 0.1) is 5.82 Å². The SMILES string of the molecule is COc1cc(Br)c(F)c(C(=O)C(=O)O)c1OC. The van der Waals surface area contributed by atoms with E-state index in [2.05, 4.69) is 15.9 Å². The zero-order chi connectivity index (χ0) is 13.2. The molecule has 1 aromatic rings. The van der Waals surface area contributed by atoms with Crippen molar-refractivity contribution in [2.24, 2.45) is 0 Å². The van der Waals surface area contributed by atoms with Crippen LogP contribution < -0.4 is 9.47 Å². The Morgan fingerprint density at radius 3 is 2.35 bits per heavy atom. The minimum Gasteiger partial charge on any atom is -0.493 e. The van der Waals surface area contributed by atoms with Gasteiger partial charge in [-0.15, -0.1) is 0 Å². The molecule has 0 fully saturated rings. The molecule has 1 N–H and O–H groups in total. The van der Waals surface area contributed by atoms with Crippen LogP contribution in [0.4, 0.5) is 4.39 Å². The summed E-state index contributed by atoms with van der Waals surface area (Å²) in [5, 5.41) is 8.61. The molecule has 0 heterocycles. The molecule has 0 saturated heterocycles. The lowest BCUT2D eigenvalue weighted by Crippen LogP contribution is -2.16. The van der Waals surface area contributed by atoms with Gasteiger partial charge in [0.25, 0.3) is 5.78 Å². The third-order valence-corrected chi connectivity index (χ3v) is 2.56. The summed E-state index contributed by atoms with van der Waals surface area (Å²) in [4.78, 5) is 22.0. The number of aliphatic carboxylic acids is 1. The minimum atomic E-state index is -1.78. The molecule has 0 spiro atoms. The summed E-state index contributed by atoms with van der Waals surface area (Å²) in [6, 6.07) is 1.24. The fourth-order valence-corrected chi connectivity index (χ4v) is 1.66. The first-order chi connectivity index (χ1) is 7.93. The molecule has 17 heavy (non-hydrogen) atoms. The number of carboxylic acid groups (broad SMARTS) is 1. The zero-order valence-corrected chi connectivity index (χ0v) is 10.5. The van der Waals surface area contributed by atoms with Crippen molar-refractivity contribution in [2.45, 2.75) is 0 Å². The molecule has 0 aromatic heterocycles. The molecule has 0 saturated carbocycles. The van der Waals surface area contributed by atoms with Crippen molar-refractivity contribution in [3.8, 4) is 11.5 Å². The Morgan fingerprint density at radius 1 is 1.35 bits per heavy atom. The molecule has 1 aromatic carbocycles. The minimum absolute atomic E-state index is 0.0605. The summed E-state index contributed by atoms with van der Waals surface area (Å²) in [5.74, 6) is -4.37. The van der Waals surface area contributed by atoms with E-state index in [1.807, 2.05) is 0 Å². The summed E-state index contributed by atoms with van der Waals surface area (Å²) in [7, 11) is 2.47. The number of halogens is 2. The Kier molecular flexibility index (Phi) is 4.06. The summed E-state index contributed by atoms with van der Waals surface area (Å²) in [6.07, 6.45) is 0. The molecule has 0 aliphatic rings. The number of carboxylic acids is 1. The van der Waals surface area contributed by atoms with E-state index in [1.54, 1.807) is 0 Å². The highest BCUT2D eigenvalue weighted by atomic mass is 79.9. The lowest BCUT2D eigenvalue weighted by molar-refractivity contribution is -0.131. The van der Waals surface area contributed by atoms with E-state index in [0.717, 1.165) is 0 Å². The number of methoxy groups -OCH3 is 2. The quantitative estimate of drug-likeness (QED) is 0.679. The summed E-state index contributed by atoms with van der Waals surface area (Å²) in [6.45, 7) is 0. The van der Waals surface area contributed by atoms with E-state index in [0.29, 0.717) is 0 Å². The van der Waals surface area contributed by atoms with Gasteiger partial charge in [0, 0.05) is 6.07 Å². The molecule has 0 amide bonds. The largest absolute Gasteiger partial charge is 0.493 e. The van der Waals surface area contributed by atoms with Gasteiger partial charge < -0.3 is 14.6 Å². The maximum absolute atomic E-state index is 13.7. The number of ether oxygens (including phenoxy) is 2. The predicted octanol–water partition coefficient (Wildman–Crippen LogP) is 1.87. The molecule has 0 aliphatic carbocycles. The van der Waals surface area contributed by atoms with Gasteiger partial charge in [-0.2, -0.15) is 0 Å². The van der Waals surface area contributed by atoms with Gasteiger partial charge in [-0.3, -0.25) is 4.79 Å². The van der Waals surface area contributed by atoms with Gasteiger partial charge in [0.05, 0.1) is 18.7 Å². The molecule has 0 radical (unpaired) electrons. The predicted molar refractivity (Wildman–Crippen MR) is 59.2 cm³/mol. The summed E-state index contributed by atoms with van der Waals surface area (Å²) in [5.41, 5.74) is -0.675. The second-order valence-electron chi connectivity index (χ2n) is 2.92. The normalized spacial score (nSPS) is 9.88. The van der Waals surface area contributed by atoms with E-state index in [1.165, 1.54) is 20.3 Å². The third-order valence-electron chi connectivity index (χ3n) is 1.98. The number of rotatable bonds is 4. The van der Waals surface area contributed by atoms with E-state index in [9.17, 15) is 14.0 Å².